The van der Waals surface area contributed by atoms with E-state index in [0.717, 1.165) is 37.0 Å². The fourth-order valence-electron chi connectivity index (χ4n) is 3.45. The highest BCUT2D eigenvalue weighted by Gasteiger charge is 2.32. The molecule has 0 radical (unpaired) electrons. The molecule has 0 spiro atoms. The molecule has 0 saturated carbocycles. The summed E-state index contributed by atoms with van der Waals surface area (Å²) in [6.07, 6.45) is 11.2. The van der Waals surface area contributed by atoms with Crippen LogP contribution in [0.2, 0.25) is 0 Å². The quantitative estimate of drug-likeness (QED) is 0.808. The minimum Gasteiger partial charge on any atom is -0.325 e. The fraction of sp³-hybridized carbons (Fsp3) is 0.571. The van der Waals surface area contributed by atoms with Crippen LogP contribution >= 0.6 is 0 Å². The highest BCUT2D eigenvalue weighted by atomic mass is 16.2. The molecule has 0 aromatic rings. The van der Waals surface area contributed by atoms with E-state index in [4.69, 9.17) is 0 Å². The molecule has 2 aliphatic rings. The number of amides is 2. The van der Waals surface area contributed by atoms with E-state index >= 15 is 0 Å². The van der Waals surface area contributed by atoms with Crippen LogP contribution in [-0.2, 0) is 9.59 Å². The van der Waals surface area contributed by atoms with E-state index in [0.29, 0.717) is 5.71 Å². The Hall–Kier alpha value is -1.97. The summed E-state index contributed by atoms with van der Waals surface area (Å²) in [7, 11) is 0. The smallest absolute Gasteiger partial charge is 0.249 e. The summed E-state index contributed by atoms with van der Waals surface area (Å²) in [5.41, 5.74) is 2.43. The molecule has 0 bridgehead atoms. The summed E-state index contributed by atoms with van der Waals surface area (Å²) in [6, 6.07) is 0. The summed E-state index contributed by atoms with van der Waals surface area (Å²) in [5.74, 6) is -0.109. The zero-order valence-corrected chi connectivity index (χ0v) is 16.1. The van der Waals surface area contributed by atoms with Crippen molar-refractivity contribution in [2.75, 3.05) is 0 Å². The summed E-state index contributed by atoms with van der Waals surface area (Å²) in [4.78, 5) is 28.8. The number of carbonyl (C=O) groups excluding carboxylic acids is 2. The second kappa shape index (κ2) is 7.94. The summed E-state index contributed by atoms with van der Waals surface area (Å²) in [5, 5.41) is 2.91. The predicted molar refractivity (Wildman–Crippen MR) is 102 cm³/mol. The molecule has 2 rings (SSSR count). The molecule has 0 aromatic heterocycles. The van der Waals surface area contributed by atoms with E-state index < -0.39 is 0 Å². The van der Waals surface area contributed by atoms with Crippen molar-refractivity contribution in [2.24, 2.45) is 22.2 Å². The number of rotatable bonds is 5. The zero-order valence-electron chi connectivity index (χ0n) is 16.1. The minimum absolute atomic E-state index is 0.00185. The molecule has 4 nitrogen and oxygen atoms in total. The lowest BCUT2D eigenvalue weighted by atomic mass is 9.74. The number of aliphatic imine (C=N–C) groups is 1. The number of fused-ring (bicyclic) bond motifs is 1. The molecular weight excluding hydrogens is 312 g/mol. The Morgan fingerprint density at radius 3 is 2.40 bits per heavy atom. The van der Waals surface area contributed by atoms with Crippen LogP contribution in [0.1, 0.15) is 60.3 Å². The van der Waals surface area contributed by atoms with Gasteiger partial charge in [0.25, 0.3) is 0 Å². The van der Waals surface area contributed by atoms with Crippen molar-refractivity contribution < 1.29 is 9.59 Å². The topological polar surface area (TPSA) is 58.5 Å². The third kappa shape index (κ3) is 4.77. The Morgan fingerprint density at radius 2 is 1.84 bits per heavy atom. The first-order valence-corrected chi connectivity index (χ1v) is 9.31. The summed E-state index contributed by atoms with van der Waals surface area (Å²) < 4.78 is 0. The number of hydrogen-bond donors (Lipinski definition) is 1. The van der Waals surface area contributed by atoms with Gasteiger partial charge in [0.1, 0.15) is 0 Å². The van der Waals surface area contributed by atoms with Crippen LogP contribution in [0.15, 0.2) is 40.6 Å². The Bertz CT molecular complexity index is 654. The molecule has 1 aliphatic carbocycles. The van der Waals surface area contributed by atoms with Crippen molar-refractivity contribution in [1.82, 2.24) is 5.32 Å². The number of allylic oxidation sites excluding steroid dienone is 3. The number of hydrogen-bond acceptors (Lipinski definition) is 2. The van der Waals surface area contributed by atoms with Gasteiger partial charge < -0.3 is 5.32 Å². The standard InChI is InChI=1S/C21H30N2O2/c1-6-8-14(9-7-2)20(25)22-15-10-11-16-17(21(3,4)5)13-19(24)23-18(16)12-15/h10-14,16H,6-9H2,1-5H3,(H,23,24). The third-order valence-corrected chi connectivity index (χ3v) is 4.72. The van der Waals surface area contributed by atoms with Gasteiger partial charge in [0, 0.05) is 23.6 Å². The van der Waals surface area contributed by atoms with Crippen molar-refractivity contribution in [3.63, 3.8) is 0 Å². The first-order valence-electron chi connectivity index (χ1n) is 9.31. The maximum Gasteiger partial charge on any atom is 0.249 e. The Labute approximate surface area is 151 Å². The van der Waals surface area contributed by atoms with Crippen LogP contribution in [0, 0.1) is 17.3 Å². The first kappa shape index (κ1) is 19.4. The molecule has 25 heavy (non-hydrogen) atoms. The Balaban J connectivity index is 2.25. The molecule has 1 atom stereocenters. The van der Waals surface area contributed by atoms with Gasteiger partial charge in [0.05, 0.1) is 5.71 Å². The molecule has 1 aliphatic heterocycles. The molecule has 1 unspecified atom stereocenters. The van der Waals surface area contributed by atoms with E-state index in [2.05, 4.69) is 44.9 Å². The van der Waals surface area contributed by atoms with Crippen molar-refractivity contribution in [2.45, 2.75) is 60.3 Å². The molecule has 4 heteroatoms. The minimum atomic E-state index is -0.108. The average molecular weight is 342 g/mol. The van der Waals surface area contributed by atoms with Crippen molar-refractivity contribution in [1.29, 1.82) is 0 Å². The highest BCUT2D eigenvalue weighted by Crippen LogP contribution is 2.38. The van der Waals surface area contributed by atoms with Crippen molar-refractivity contribution in [3.8, 4) is 0 Å². The Morgan fingerprint density at radius 1 is 1.20 bits per heavy atom. The van der Waals surface area contributed by atoms with Gasteiger partial charge in [0.2, 0.25) is 11.8 Å². The molecule has 0 aromatic carbocycles. The first-order chi connectivity index (χ1) is 11.8. The van der Waals surface area contributed by atoms with Gasteiger partial charge in [-0.15, -0.1) is 0 Å². The van der Waals surface area contributed by atoms with E-state index in [1.165, 1.54) is 0 Å². The van der Waals surface area contributed by atoms with Gasteiger partial charge in [-0.1, -0.05) is 53.5 Å². The van der Waals surface area contributed by atoms with Crippen molar-refractivity contribution in [3.05, 3.63) is 35.6 Å². The van der Waals surface area contributed by atoms with Crippen LogP contribution in [0.4, 0.5) is 0 Å². The van der Waals surface area contributed by atoms with Gasteiger partial charge in [-0.2, -0.15) is 0 Å². The highest BCUT2D eigenvalue weighted by molar-refractivity contribution is 6.11. The maximum absolute atomic E-state index is 12.5. The van der Waals surface area contributed by atoms with Crippen LogP contribution in [0.25, 0.3) is 0 Å². The molecule has 1 N–H and O–H groups in total. The van der Waals surface area contributed by atoms with Crippen LogP contribution in [0.3, 0.4) is 0 Å². The second-order valence-corrected chi connectivity index (χ2v) is 7.92. The monoisotopic (exact) mass is 342 g/mol. The SMILES string of the molecule is CCCC(CCC)C(=O)N=C1C=CC2C(=C1)NC(=O)C=C2C(C)(C)C. The third-order valence-electron chi connectivity index (χ3n) is 4.72. The molecule has 2 amide bonds. The lowest BCUT2D eigenvalue weighted by Crippen LogP contribution is -2.36. The largest absolute Gasteiger partial charge is 0.325 e. The van der Waals surface area contributed by atoms with E-state index in [9.17, 15) is 9.59 Å². The molecule has 0 fully saturated rings. The number of carbonyl (C=O) groups is 2. The van der Waals surface area contributed by atoms with Crippen LogP contribution in [0.5, 0.6) is 0 Å². The Kier molecular flexibility index (Phi) is 6.15. The maximum atomic E-state index is 12.5. The van der Waals surface area contributed by atoms with E-state index in [1.807, 2.05) is 18.2 Å². The normalized spacial score (nSPS) is 21.8. The number of nitrogens with one attached hydrogen (secondary N) is 1. The van der Waals surface area contributed by atoms with E-state index in [-0.39, 0.29) is 29.1 Å². The zero-order chi connectivity index (χ0) is 18.6. The average Bonchev–Trinajstić information content (AvgIpc) is 2.52. The van der Waals surface area contributed by atoms with Gasteiger partial charge in [0.15, 0.2) is 0 Å². The summed E-state index contributed by atoms with van der Waals surface area (Å²) in [6.45, 7) is 10.5. The van der Waals surface area contributed by atoms with Gasteiger partial charge in [-0.05, 0) is 36.0 Å². The van der Waals surface area contributed by atoms with Gasteiger partial charge >= 0.3 is 0 Å². The van der Waals surface area contributed by atoms with E-state index in [1.54, 1.807) is 6.08 Å². The predicted octanol–water partition coefficient (Wildman–Crippen LogP) is 4.34. The summed E-state index contributed by atoms with van der Waals surface area (Å²) >= 11 is 0. The van der Waals surface area contributed by atoms with Crippen LogP contribution < -0.4 is 5.32 Å². The van der Waals surface area contributed by atoms with Crippen LogP contribution in [-0.4, -0.2) is 17.5 Å². The lowest BCUT2D eigenvalue weighted by molar-refractivity contribution is -0.122. The fourth-order valence-corrected chi connectivity index (χ4v) is 3.45. The molecule has 1 heterocycles. The second-order valence-electron chi connectivity index (χ2n) is 7.92. The molecule has 0 saturated heterocycles. The van der Waals surface area contributed by atoms with Gasteiger partial charge in [-0.3, -0.25) is 9.59 Å². The molecule has 136 valence electrons. The van der Waals surface area contributed by atoms with Gasteiger partial charge in [-0.25, -0.2) is 4.99 Å². The number of nitrogens with zero attached hydrogens (tertiary/aromatic N) is 1. The van der Waals surface area contributed by atoms with Crippen molar-refractivity contribution >= 4 is 17.5 Å². The molecular formula is C21H30N2O2. The lowest BCUT2D eigenvalue weighted by Gasteiger charge is -2.34.